The molecule has 2 aliphatic rings. The summed E-state index contributed by atoms with van der Waals surface area (Å²) >= 11 is 1.64. The molecule has 0 fully saturated rings. The lowest BCUT2D eigenvalue weighted by molar-refractivity contribution is 0.103. The van der Waals surface area contributed by atoms with Crippen LogP contribution in [0.15, 0.2) is 77.2 Å². The number of allylic oxidation sites excluding steroid dienone is 4. The molecule has 0 bridgehead atoms. The monoisotopic (exact) mass is 331 g/mol. The summed E-state index contributed by atoms with van der Waals surface area (Å²) in [6, 6.07) is 17.3. The zero-order chi connectivity index (χ0) is 16.4. The fourth-order valence-electron chi connectivity index (χ4n) is 3.11. The summed E-state index contributed by atoms with van der Waals surface area (Å²) in [5, 5.41) is 0. The van der Waals surface area contributed by atoms with Gasteiger partial charge >= 0.3 is 0 Å². The van der Waals surface area contributed by atoms with Gasteiger partial charge in [-0.15, -0.1) is 0 Å². The number of fused-ring (bicyclic) bond motifs is 1. The van der Waals surface area contributed by atoms with Crippen LogP contribution < -0.4 is 0 Å². The van der Waals surface area contributed by atoms with Crippen molar-refractivity contribution in [3.8, 4) is 0 Å². The quantitative estimate of drug-likeness (QED) is 0.586. The van der Waals surface area contributed by atoms with E-state index in [0.29, 0.717) is 11.5 Å². The third-order valence-corrected chi connectivity index (χ3v) is 5.15. The van der Waals surface area contributed by atoms with E-state index in [4.69, 9.17) is 0 Å². The Hall–Kier alpha value is -2.39. The lowest BCUT2D eigenvalue weighted by Crippen LogP contribution is -2.20. The summed E-state index contributed by atoms with van der Waals surface area (Å²) < 4.78 is 4.66. The molecule has 2 aromatic rings. The van der Waals surface area contributed by atoms with E-state index in [1.807, 2.05) is 54.6 Å². The Morgan fingerprint density at radius 1 is 1.00 bits per heavy atom. The number of nitrogens with zero attached hydrogens (tertiary/aromatic N) is 1. The minimum atomic E-state index is 0.0584. The molecule has 0 amide bonds. The number of hydrogen-bond donors (Lipinski definition) is 0. The molecule has 24 heavy (non-hydrogen) atoms. The van der Waals surface area contributed by atoms with Gasteiger partial charge in [0.2, 0.25) is 0 Å². The van der Waals surface area contributed by atoms with Crippen LogP contribution in [0.1, 0.15) is 27.9 Å². The second kappa shape index (κ2) is 6.62. The van der Waals surface area contributed by atoms with E-state index < -0.39 is 0 Å². The molecule has 2 aromatic carbocycles. The molecule has 0 saturated carbocycles. The highest BCUT2D eigenvalue weighted by molar-refractivity contribution is 7.98. The summed E-state index contributed by atoms with van der Waals surface area (Å²) in [4.78, 5) is 12.5. The van der Waals surface area contributed by atoms with Crippen LogP contribution in [0.2, 0.25) is 0 Å². The van der Waals surface area contributed by atoms with Crippen LogP contribution in [0, 0.1) is 5.92 Å². The van der Waals surface area contributed by atoms with Crippen LogP contribution in [0.4, 0.5) is 0 Å². The van der Waals surface area contributed by atoms with Gasteiger partial charge in [-0.05, 0) is 23.9 Å². The predicted octanol–water partition coefficient (Wildman–Crippen LogP) is 4.98. The predicted molar refractivity (Wildman–Crippen MR) is 101 cm³/mol. The topological polar surface area (TPSA) is 29.4 Å². The van der Waals surface area contributed by atoms with E-state index >= 15 is 0 Å². The number of benzene rings is 2. The molecule has 0 saturated heterocycles. The van der Waals surface area contributed by atoms with Gasteiger partial charge in [0.1, 0.15) is 0 Å². The Morgan fingerprint density at radius 3 is 2.54 bits per heavy atom. The normalized spacial score (nSPS) is 19.2. The third-order valence-electron chi connectivity index (χ3n) is 4.41. The van der Waals surface area contributed by atoms with Crippen LogP contribution in [-0.2, 0) is 0 Å². The fourth-order valence-corrected chi connectivity index (χ4v) is 3.93. The first-order valence-corrected chi connectivity index (χ1v) is 9.06. The van der Waals surface area contributed by atoms with Gasteiger partial charge in [-0.2, -0.15) is 0 Å². The third kappa shape index (κ3) is 2.87. The van der Waals surface area contributed by atoms with Crippen LogP contribution >= 0.6 is 11.9 Å². The van der Waals surface area contributed by atoms with Crippen molar-refractivity contribution in [2.75, 3.05) is 5.75 Å². The van der Waals surface area contributed by atoms with Crippen LogP contribution in [0.5, 0.6) is 0 Å². The molecule has 2 nitrogen and oxygen atoms in total. The Kier molecular flexibility index (Phi) is 4.18. The molecular weight excluding hydrogens is 314 g/mol. The minimum absolute atomic E-state index is 0.0584. The van der Waals surface area contributed by atoms with E-state index in [0.717, 1.165) is 29.0 Å². The number of rotatable bonds is 3. The number of carbonyl (C=O) groups is 1. The second-order valence-corrected chi connectivity index (χ2v) is 6.79. The molecule has 1 unspecified atom stereocenters. The Bertz CT molecular complexity index is 847. The van der Waals surface area contributed by atoms with Gasteiger partial charge in [0, 0.05) is 28.4 Å². The van der Waals surface area contributed by atoms with Crippen molar-refractivity contribution in [1.29, 1.82) is 0 Å². The van der Waals surface area contributed by atoms with Crippen molar-refractivity contribution >= 4 is 29.0 Å². The molecule has 1 aliphatic heterocycles. The summed E-state index contributed by atoms with van der Waals surface area (Å²) in [5.41, 5.74) is 4.89. The zero-order valence-electron chi connectivity index (χ0n) is 13.2. The lowest BCUT2D eigenvalue weighted by atomic mass is 9.86. The standard InChI is InChI=1S/C21H17NOS/c23-21(17-5-2-1-3-6-17)18-11-9-15(10-12-18)19-8-4-7-16-13-14-24-22-20(16)19/h1-12,16H,13-14H2. The van der Waals surface area contributed by atoms with E-state index in [-0.39, 0.29) is 5.78 Å². The molecule has 0 radical (unpaired) electrons. The molecule has 1 aliphatic carbocycles. The lowest BCUT2D eigenvalue weighted by Gasteiger charge is -2.24. The molecule has 0 N–H and O–H groups in total. The van der Waals surface area contributed by atoms with Gasteiger partial charge in [0.25, 0.3) is 0 Å². The maximum atomic E-state index is 12.5. The van der Waals surface area contributed by atoms with E-state index in [9.17, 15) is 4.79 Å². The van der Waals surface area contributed by atoms with Gasteiger partial charge in [0.05, 0.1) is 5.71 Å². The first kappa shape index (κ1) is 15.2. The largest absolute Gasteiger partial charge is 0.289 e. The average molecular weight is 331 g/mol. The van der Waals surface area contributed by atoms with Gasteiger partial charge in [-0.1, -0.05) is 72.8 Å². The minimum Gasteiger partial charge on any atom is -0.289 e. The van der Waals surface area contributed by atoms with Crippen molar-refractivity contribution in [3.05, 3.63) is 89.5 Å². The molecule has 0 spiro atoms. The summed E-state index contributed by atoms with van der Waals surface area (Å²) in [5.74, 6) is 1.57. The fraction of sp³-hybridized carbons (Fsp3) is 0.143. The van der Waals surface area contributed by atoms with Crippen molar-refractivity contribution < 1.29 is 4.79 Å². The van der Waals surface area contributed by atoms with Crippen molar-refractivity contribution in [2.24, 2.45) is 10.3 Å². The number of ketones is 1. The van der Waals surface area contributed by atoms with E-state index in [2.05, 4.69) is 22.6 Å². The van der Waals surface area contributed by atoms with Gasteiger partial charge < -0.3 is 0 Å². The molecule has 118 valence electrons. The van der Waals surface area contributed by atoms with Crippen molar-refractivity contribution in [2.45, 2.75) is 6.42 Å². The average Bonchev–Trinajstić information content (AvgIpc) is 2.68. The highest BCUT2D eigenvalue weighted by Crippen LogP contribution is 2.33. The van der Waals surface area contributed by atoms with E-state index in [1.54, 1.807) is 11.9 Å². The van der Waals surface area contributed by atoms with Crippen molar-refractivity contribution in [1.82, 2.24) is 0 Å². The first-order chi connectivity index (χ1) is 11.8. The molecule has 0 aromatic heterocycles. The second-order valence-electron chi connectivity index (χ2n) is 5.94. The summed E-state index contributed by atoms with van der Waals surface area (Å²) in [7, 11) is 0. The maximum Gasteiger partial charge on any atom is 0.193 e. The number of hydrogen-bond acceptors (Lipinski definition) is 3. The molecule has 4 rings (SSSR count). The molecule has 1 atom stereocenters. The van der Waals surface area contributed by atoms with Gasteiger partial charge in [-0.3, -0.25) is 4.79 Å². The van der Waals surface area contributed by atoms with Crippen molar-refractivity contribution in [3.63, 3.8) is 0 Å². The summed E-state index contributed by atoms with van der Waals surface area (Å²) in [6.07, 6.45) is 7.62. The van der Waals surface area contributed by atoms with Crippen LogP contribution in [0.25, 0.3) is 5.57 Å². The smallest absolute Gasteiger partial charge is 0.193 e. The highest BCUT2D eigenvalue weighted by Gasteiger charge is 2.24. The Labute approximate surface area is 146 Å². The molecular formula is C21H17NOS. The van der Waals surface area contributed by atoms with E-state index in [1.165, 1.54) is 5.57 Å². The van der Waals surface area contributed by atoms with Gasteiger partial charge in [0.15, 0.2) is 5.78 Å². The zero-order valence-corrected chi connectivity index (χ0v) is 14.0. The Morgan fingerprint density at radius 2 is 1.75 bits per heavy atom. The van der Waals surface area contributed by atoms with Crippen LogP contribution in [0.3, 0.4) is 0 Å². The first-order valence-electron chi connectivity index (χ1n) is 8.12. The summed E-state index contributed by atoms with van der Waals surface area (Å²) in [6.45, 7) is 0. The Balaban J connectivity index is 1.62. The highest BCUT2D eigenvalue weighted by atomic mass is 32.2. The van der Waals surface area contributed by atoms with Crippen LogP contribution in [-0.4, -0.2) is 17.2 Å². The van der Waals surface area contributed by atoms with Gasteiger partial charge in [-0.25, -0.2) is 4.40 Å². The molecule has 3 heteroatoms. The number of carbonyl (C=O) groups excluding carboxylic acids is 1. The molecule has 1 heterocycles. The SMILES string of the molecule is O=C(c1ccccc1)c1ccc(C2=CC=CC3CCSN=C23)cc1. The maximum absolute atomic E-state index is 12.5.